The van der Waals surface area contributed by atoms with E-state index in [9.17, 15) is 4.79 Å². The van der Waals surface area contributed by atoms with Crippen molar-refractivity contribution in [1.29, 1.82) is 5.41 Å². The Morgan fingerprint density at radius 1 is 1.69 bits per heavy atom. The minimum atomic E-state index is -0.333. The van der Waals surface area contributed by atoms with Crippen LogP contribution in [0.3, 0.4) is 0 Å². The van der Waals surface area contributed by atoms with E-state index in [2.05, 4.69) is 20.8 Å². The van der Waals surface area contributed by atoms with Crippen LogP contribution in [0.4, 0.5) is 10.6 Å². The molecule has 0 radical (unpaired) electrons. The maximum Gasteiger partial charge on any atom is 0.320 e. The molecule has 7 heteroatoms. The van der Waals surface area contributed by atoms with Gasteiger partial charge in [-0.25, -0.2) is 4.79 Å². The average Bonchev–Trinajstić information content (AvgIpc) is 2.66. The van der Waals surface area contributed by atoms with Crippen molar-refractivity contribution >= 4 is 17.7 Å². The fourth-order valence-electron chi connectivity index (χ4n) is 1.12. The molecule has 2 amide bonds. The zero-order chi connectivity index (χ0) is 12.0. The molecular weight excluding hydrogens is 208 g/mol. The van der Waals surface area contributed by atoms with Crippen molar-refractivity contribution in [1.82, 2.24) is 15.5 Å². The van der Waals surface area contributed by atoms with Gasteiger partial charge in [0.1, 0.15) is 11.7 Å². The minimum absolute atomic E-state index is 0.141. The van der Waals surface area contributed by atoms with Crippen molar-refractivity contribution in [2.24, 2.45) is 5.73 Å². The largest absolute Gasteiger partial charge is 0.384 e. The number of rotatable bonds is 5. The molecule has 0 aliphatic heterocycles. The van der Waals surface area contributed by atoms with Gasteiger partial charge in [-0.1, -0.05) is 13.3 Å². The van der Waals surface area contributed by atoms with Gasteiger partial charge in [-0.2, -0.15) is 5.10 Å². The van der Waals surface area contributed by atoms with Crippen LogP contribution in [-0.2, 0) is 0 Å². The standard InChI is InChI=1S/C9H16N6O/c1-2-3-4-12-9(16)14-8-6(7(10)11)5-13-15-8/h5H,2-4H2,1H3,(H3,10,11)(H3,12,13,14,15,16). The van der Waals surface area contributed by atoms with E-state index in [1.165, 1.54) is 6.20 Å². The van der Waals surface area contributed by atoms with Crippen molar-refractivity contribution in [3.63, 3.8) is 0 Å². The van der Waals surface area contributed by atoms with Gasteiger partial charge in [0.05, 0.1) is 11.8 Å². The Morgan fingerprint density at radius 3 is 3.06 bits per heavy atom. The quantitative estimate of drug-likeness (QED) is 0.286. The summed E-state index contributed by atoms with van der Waals surface area (Å²) in [4.78, 5) is 11.4. The van der Waals surface area contributed by atoms with Crippen molar-refractivity contribution in [2.45, 2.75) is 19.8 Å². The number of anilines is 1. The second-order valence-corrected chi connectivity index (χ2v) is 3.31. The Kier molecular flexibility index (Phi) is 4.31. The van der Waals surface area contributed by atoms with Crippen molar-refractivity contribution < 1.29 is 4.79 Å². The number of H-pyrrole nitrogens is 1. The Bertz CT molecular complexity index is 372. The number of aromatic nitrogens is 2. The van der Waals surface area contributed by atoms with Gasteiger partial charge >= 0.3 is 6.03 Å². The summed E-state index contributed by atoms with van der Waals surface area (Å²) in [6.45, 7) is 2.66. The Balaban J connectivity index is 2.49. The fourth-order valence-corrected chi connectivity index (χ4v) is 1.12. The van der Waals surface area contributed by atoms with Gasteiger partial charge < -0.3 is 11.1 Å². The minimum Gasteiger partial charge on any atom is -0.384 e. The number of unbranched alkanes of at least 4 members (excludes halogenated alkanes) is 1. The van der Waals surface area contributed by atoms with Gasteiger partial charge in [0, 0.05) is 6.54 Å². The lowest BCUT2D eigenvalue weighted by molar-refractivity contribution is 0.252. The third kappa shape index (κ3) is 3.26. The van der Waals surface area contributed by atoms with E-state index in [0.29, 0.717) is 17.9 Å². The summed E-state index contributed by atoms with van der Waals surface area (Å²) in [5.41, 5.74) is 5.69. The highest BCUT2D eigenvalue weighted by Crippen LogP contribution is 2.08. The molecule has 0 fully saturated rings. The highest BCUT2D eigenvalue weighted by molar-refractivity contribution is 6.02. The summed E-state index contributed by atoms with van der Waals surface area (Å²) in [5.74, 6) is 0.194. The van der Waals surface area contributed by atoms with Crippen LogP contribution in [-0.4, -0.2) is 28.6 Å². The lowest BCUT2D eigenvalue weighted by atomic mass is 10.3. The highest BCUT2D eigenvalue weighted by atomic mass is 16.2. The normalized spacial score (nSPS) is 9.81. The van der Waals surface area contributed by atoms with Gasteiger partial charge in [0.25, 0.3) is 0 Å². The summed E-state index contributed by atoms with van der Waals surface area (Å²) in [5, 5.41) is 18.7. The molecule has 0 aromatic carbocycles. The van der Waals surface area contributed by atoms with E-state index >= 15 is 0 Å². The maximum atomic E-state index is 11.4. The molecule has 0 unspecified atom stereocenters. The van der Waals surface area contributed by atoms with Crippen molar-refractivity contribution in [3.05, 3.63) is 11.8 Å². The van der Waals surface area contributed by atoms with E-state index in [-0.39, 0.29) is 11.9 Å². The first-order valence-corrected chi connectivity index (χ1v) is 5.07. The van der Waals surface area contributed by atoms with Crippen molar-refractivity contribution in [3.8, 4) is 0 Å². The van der Waals surface area contributed by atoms with Crippen LogP contribution >= 0.6 is 0 Å². The molecular formula is C9H16N6O. The number of nitrogens with two attached hydrogens (primary N) is 1. The molecule has 0 aliphatic rings. The second kappa shape index (κ2) is 5.74. The molecule has 0 saturated carbocycles. The van der Waals surface area contributed by atoms with Gasteiger partial charge in [-0.15, -0.1) is 0 Å². The third-order valence-corrected chi connectivity index (χ3v) is 1.98. The summed E-state index contributed by atoms with van der Waals surface area (Å²) in [6.07, 6.45) is 3.34. The van der Waals surface area contributed by atoms with Crippen molar-refractivity contribution in [2.75, 3.05) is 11.9 Å². The van der Waals surface area contributed by atoms with E-state index in [0.717, 1.165) is 12.8 Å². The average molecular weight is 224 g/mol. The monoisotopic (exact) mass is 224 g/mol. The number of hydrogen-bond acceptors (Lipinski definition) is 3. The number of nitrogen functional groups attached to an aromatic ring is 1. The van der Waals surface area contributed by atoms with E-state index in [1.807, 2.05) is 6.92 Å². The lowest BCUT2D eigenvalue weighted by Crippen LogP contribution is -2.30. The molecule has 0 bridgehead atoms. The number of urea groups is 1. The summed E-state index contributed by atoms with van der Waals surface area (Å²) in [7, 11) is 0. The fraction of sp³-hybridized carbons (Fsp3) is 0.444. The third-order valence-electron chi connectivity index (χ3n) is 1.98. The van der Waals surface area contributed by atoms with Crippen LogP contribution in [0.1, 0.15) is 25.3 Å². The number of aromatic amines is 1. The SMILES string of the molecule is CCCCNC(=O)Nc1[nH]ncc1C(=N)N. The van der Waals surface area contributed by atoms with Crippen LogP contribution in [0.2, 0.25) is 0 Å². The van der Waals surface area contributed by atoms with Crippen LogP contribution < -0.4 is 16.4 Å². The molecule has 0 spiro atoms. The van der Waals surface area contributed by atoms with E-state index in [1.54, 1.807) is 0 Å². The molecule has 0 saturated heterocycles. The number of carbonyl (C=O) groups is 1. The van der Waals surface area contributed by atoms with Crippen LogP contribution in [0, 0.1) is 5.41 Å². The highest BCUT2D eigenvalue weighted by Gasteiger charge is 2.10. The number of carbonyl (C=O) groups excluding carboxylic acids is 1. The predicted molar refractivity (Wildman–Crippen MR) is 61.5 cm³/mol. The number of nitrogens with one attached hydrogen (secondary N) is 4. The Hall–Kier alpha value is -2.05. The molecule has 1 aromatic heterocycles. The van der Waals surface area contributed by atoms with Gasteiger partial charge in [-0.05, 0) is 6.42 Å². The maximum absolute atomic E-state index is 11.4. The van der Waals surface area contributed by atoms with E-state index < -0.39 is 0 Å². The van der Waals surface area contributed by atoms with E-state index in [4.69, 9.17) is 11.1 Å². The van der Waals surface area contributed by atoms with Crippen LogP contribution in [0.15, 0.2) is 6.20 Å². The number of nitrogens with zero attached hydrogens (tertiary/aromatic N) is 1. The summed E-state index contributed by atoms with van der Waals surface area (Å²) in [6, 6.07) is -0.333. The number of amides is 2. The molecule has 1 rings (SSSR count). The van der Waals surface area contributed by atoms with Gasteiger partial charge in [0.2, 0.25) is 0 Å². The lowest BCUT2D eigenvalue weighted by Gasteiger charge is -2.06. The Morgan fingerprint density at radius 2 is 2.44 bits per heavy atom. The van der Waals surface area contributed by atoms with Crippen LogP contribution in [0.25, 0.3) is 0 Å². The molecule has 1 heterocycles. The molecule has 88 valence electrons. The Labute approximate surface area is 93.3 Å². The summed E-state index contributed by atoms with van der Waals surface area (Å²) < 4.78 is 0. The topological polar surface area (TPSA) is 120 Å². The van der Waals surface area contributed by atoms with Gasteiger partial charge in [0.15, 0.2) is 0 Å². The first-order chi connectivity index (χ1) is 7.65. The van der Waals surface area contributed by atoms with Crippen LogP contribution in [0.5, 0.6) is 0 Å². The molecule has 0 aliphatic carbocycles. The molecule has 0 atom stereocenters. The van der Waals surface area contributed by atoms with Gasteiger partial charge in [-0.3, -0.25) is 15.8 Å². The molecule has 16 heavy (non-hydrogen) atoms. The predicted octanol–water partition coefficient (Wildman–Crippen LogP) is 0.615. The zero-order valence-corrected chi connectivity index (χ0v) is 9.13. The first-order valence-electron chi connectivity index (χ1n) is 5.07. The molecule has 6 N–H and O–H groups in total. The number of amidine groups is 1. The molecule has 7 nitrogen and oxygen atoms in total. The zero-order valence-electron chi connectivity index (χ0n) is 9.13. The summed E-state index contributed by atoms with van der Waals surface area (Å²) >= 11 is 0. The second-order valence-electron chi connectivity index (χ2n) is 3.31. The number of hydrogen-bond donors (Lipinski definition) is 5. The molecule has 1 aromatic rings. The first kappa shape index (κ1) is 12.0. The smallest absolute Gasteiger partial charge is 0.320 e.